The van der Waals surface area contributed by atoms with Gasteiger partial charge in [0.2, 0.25) is 5.95 Å². The zero-order valence-corrected chi connectivity index (χ0v) is 9.85. The number of aromatic nitrogens is 3. The van der Waals surface area contributed by atoms with Crippen LogP contribution in [0, 0.1) is 0 Å². The number of fused-ring (bicyclic) bond motifs is 1. The Bertz CT molecular complexity index is 482. The second kappa shape index (κ2) is 4.28. The number of halogens is 1. The van der Waals surface area contributed by atoms with Crippen LogP contribution in [-0.2, 0) is 6.54 Å². The molecule has 2 N–H and O–H groups in total. The molecule has 0 saturated heterocycles. The topological polar surface area (TPSA) is 56.7 Å². The Hall–Kier alpha value is -0.940. The summed E-state index contributed by atoms with van der Waals surface area (Å²) in [6.07, 6.45) is 3.67. The number of rotatable bonds is 3. The van der Waals surface area contributed by atoms with Gasteiger partial charge in [-0.05, 0) is 12.3 Å². The van der Waals surface area contributed by atoms with Crippen LogP contribution in [0.2, 0.25) is 5.02 Å². The fraction of sp³-hybridized carbons (Fsp3) is 0.333. The number of nitrogens with two attached hydrogens (primary N) is 1. The molecule has 2 aromatic heterocycles. The predicted molar refractivity (Wildman–Crippen MR) is 65.3 cm³/mol. The number of aryl methyl sites for hydroxylation is 1. The summed E-state index contributed by atoms with van der Waals surface area (Å²) in [6, 6.07) is 1.77. The van der Waals surface area contributed by atoms with Crippen LogP contribution >= 0.6 is 23.4 Å². The molecule has 0 radical (unpaired) electrons. The molecule has 0 bridgehead atoms. The average Bonchev–Trinajstić information content (AvgIpc) is 2.50. The van der Waals surface area contributed by atoms with Gasteiger partial charge in [0, 0.05) is 18.5 Å². The lowest BCUT2D eigenvalue weighted by atomic mass is 10.4. The highest BCUT2D eigenvalue weighted by molar-refractivity contribution is 7.98. The summed E-state index contributed by atoms with van der Waals surface area (Å²) in [5, 5.41) is 0.581. The number of pyridine rings is 1. The first-order valence-corrected chi connectivity index (χ1v) is 6.25. The Labute approximate surface area is 96.8 Å². The van der Waals surface area contributed by atoms with Gasteiger partial charge in [-0.2, -0.15) is 11.8 Å². The Morgan fingerprint density at radius 2 is 2.40 bits per heavy atom. The fourth-order valence-corrected chi connectivity index (χ4v) is 1.92. The summed E-state index contributed by atoms with van der Waals surface area (Å²) < 4.78 is 1.90. The number of nitrogens with zero attached hydrogens (tertiary/aromatic N) is 3. The second-order valence-corrected chi connectivity index (χ2v) is 4.53. The number of nitrogen functional groups attached to an aromatic ring is 1. The van der Waals surface area contributed by atoms with Crippen molar-refractivity contribution < 1.29 is 0 Å². The van der Waals surface area contributed by atoms with Gasteiger partial charge in [0.05, 0.1) is 5.02 Å². The van der Waals surface area contributed by atoms with E-state index in [1.54, 1.807) is 24.0 Å². The summed E-state index contributed by atoms with van der Waals surface area (Å²) in [5.74, 6) is 1.48. The standard InChI is InChI=1S/C9H11ClN4S/c1-15-3-2-14-8-7(13-9(14)11)4-6(10)5-12-8/h4-5H,2-3H2,1H3,(H2,11,13). The van der Waals surface area contributed by atoms with Gasteiger partial charge in [0.25, 0.3) is 0 Å². The maximum absolute atomic E-state index is 5.83. The number of thioether (sulfide) groups is 1. The van der Waals surface area contributed by atoms with Gasteiger partial charge in [-0.25, -0.2) is 9.97 Å². The van der Waals surface area contributed by atoms with Gasteiger partial charge in [-0.15, -0.1) is 0 Å². The van der Waals surface area contributed by atoms with E-state index in [1.807, 2.05) is 4.57 Å². The molecule has 15 heavy (non-hydrogen) atoms. The lowest BCUT2D eigenvalue weighted by molar-refractivity contribution is 0.801. The summed E-state index contributed by atoms with van der Waals surface area (Å²) >= 11 is 7.59. The monoisotopic (exact) mass is 242 g/mol. The largest absolute Gasteiger partial charge is 0.369 e. The molecule has 2 aromatic rings. The van der Waals surface area contributed by atoms with Gasteiger partial charge >= 0.3 is 0 Å². The highest BCUT2D eigenvalue weighted by atomic mass is 35.5. The van der Waals surface area contributed by atoms with E-state index in [0.717, 1.165) is 23.5 Å². The second-order valence-electron chi connectivity index (χ2n) is 3.11. The predicted octanol–water partition coefficient (Wildman–Crippen LogP) is 2.03. The fourth-order valence-electron chi connectivity index (χ4n) is 1.41. The van der Waals surface area contributed by atoms with Crippen molar-refractivity contribution in [3.63, 3.8) is 0 Å². The SMILES string of the molecule is CSCCn1c(N)nc2cc(Cl)cnc21. The van der Waals surface area contributed by atoms with E-state index in [1.165, 1.54) is 0 Å². The van der Waals surface area contributed by atoms with Crippen molar-refractivity contribution >= 4 is 40.5 Å². The molecular formula is C9H11ClN4S. The first-order valence-electron chi connectivity index (χ1n) is 4.48. The molecule has 0 unspecified atom stereocenters. The highest BCUT2D eigenvalue weighted by Gasteiger charge is 2.08. The lowest BCUT2D eigenvalue weighted by Crippen LogP contribution is -2.05. The van der Waals surface area contributed by atoms with Crippen molar-refractivity contribution in [3.05, 3.63) is 17.3 Å². The molecule has 6 heteroatoms. The minimum Gasteiger partial charge on any atom is -0.369 e. The van der Waals surface area contributed by atoms with Crippen LogP contribution < -0.4 is 5.73 Å². The molecule has 2 rings (SSSR count). The van der Waals surface area contributed by atoms with Crippen LogP contribution in [-0.4, -0.2) is 26.5 Å². The average molecular weight is 243 g/mol. The molecule has 2 heterocycles. The molecule has 4 nitrogen and oxygen atoms in total. The van der Waals surface area contributed by atoms with Crippen molar-refractivity contribution in [3.8, 4) is 0 Å². The van der Waals surface area contributed by atoms with Gasteiger partial charge in [0.15, 0.2) is 5.65 Å². The highest BCUT2D eigenvalue weighted by Crippen LogP contribution is 2.19. The summed E-state index contributed by atoms with van der Waals surface area (Å²) in [7, 11) is 0. The van der Waals surface area contributed by atoms with E-state index in [9.17, 15) is 0 Å². The maximum Gasteiger partial charge on any atom is 0.202 e. The molecular weight excluding hydrogens is 232 g/mol. The summed E-state index contributed by atoms with van der Waals surface area (Å²) in [6.45, 7) is 0.818. The molecule has 0 atom stereocenters. The zero-order valence-electron chi connectivity index (χ0n) is 8.27. The van der Waals surface area contributed by atoms with E-state index < -0.39 is 0 Å². The number of hydrogen-bond acceptors (Lipinski definition) is 4. The smallest absolute Gasteiger partial charge is 0.202 e. The van der Waals surface area contributed by atoms with Crippen molar-refractivity contribution in [1.82, 2.24) is 14.5 Å². The van der Waals surface area contributed by atoms with E-state index in [4.69, 9.17) is 17.3 Å². The Kier molecular flexibility index (Phi) is 3.02. The molecule has 0 aromatic carbocycles. The van der Waals surface area contributed by atoms with E-state index in [0.29, 0.717) is 11.0 Å². The third-order valence-electron chi connectivity index (χ3n) is 2.10. The first kappa shape index (κ1) is 10.6. The van der Waals surface area contributed by atoms with Crippen LogP contribution in [0.1, 0.15) is 0 Å². The number of anilines is 1. The van der Waals surface area contributed by atoms with Gasteiger partial charge < -0.3 is 5.73 Å². The molecule has 0 spiro atoms. The van der Waals surface area contributed by atoms with E-state index in [-0.39, 0.29) is 0 Å². The quantitative estimate of drug-likeness (QED) is 0.895. The van der Waals surface area contributed by atoms with Crippen molar-refractivity contribution in [1.29, 1.82) is 0 Å². The van der Waals surface area contributed by atoms with E-state index >= 15 is 0 Å². The van der Waals surface area contributed by atoms with Gasteiger partial charge in [-0.1, -0.05) is 11.6 Å². The van der Waals surface area contributed by atoms with Crippen molar-refractivity contribution in [2.45, 2.75) is 6.54 Å². The third-order valence-corrected chi connectivity index (χ3v) is 2.90. The molecule has 80 valence electrons. The van der Waals surface area contributed by atoms with Crippen molar-refractivity contribution in [2.24, 2.45) is 0 Å². The Balaban J connectivity index is 2.48. The van der Waals surface area contributed by atoms with Crippen LogP contribution in [0.5, 0.6) is 0 Å². The van der Waals surface area contributed by atoms with Crippen LogP contribution in [0.25, 0.3) is 11.2 Å². The molecule has 0 fully saturated rings. The third kappa shape index (κ3) is 2.03. The van der Waals surface area contributed by atoms with Crippen LogP contribution in [0.3, 0.4) is 0 Å². The molecule has 0 saturated carbocycles. The summed E-state index contributed by atoms with van der Waals surface area (Å²) in [4.78, 5) is 8.45. The minimum atomic E-state index is 0.494. The van der Waals surface area contributed by atoms with Crippen molar-refractivity contribution in [2.75, 3.05) is 17.7 Å². The lowest BCUT2D eigenvalue weighted by Gasteiger charge is -2.03. The molecule has 0 aliphatic heterocycles. The van der Waals surface area contributed by atoms with Crippen LogP contribution in [0.4, 0.5) is 5.95 Å². The first-order chi connectivity index (χ1) is 7.22. The Morgan fingerprint density at radius 1 is 1.60 bits per heavy atom. The minimum absolute atomic E-state index is 0.494. The zero-order chi connectivity index (χ0) is 10.8. The molecule has 0 amide bonds. The maximum atomic E-state index is 5.83. The van der Waals surface area contributed by atoms with E-state index in [2.05, 4.69) is 16.2 Å². The molecule has 0 aliphatic rings. The number of hydrogen-bond donors (Lipinski definition) is 1. The number of imidazole rings is 1. The van der Waals surface area contributed by atoms with Crippen LogP contribution in [0.15, 0.2) is 12.3 Å². The van der Waals surface area contributed by atoms with Gasteiger partial charge in [-0.3, -0.25) is 4.57 Å². The Morgan fingerprint density at radius 3 is 3.13 bits per heavy atom. The normalized spacial score (nSPS) is 11.1. The van der Waals surface area contributed by atoms with Gasteiger partial charge in [0.1, 0.15) is 5.52 Å². The molecule has 0 aliphatic carbocycles. The summed E-state index contributed by atoms with van der Waals surface area (Å²) in [5.41, 5.74) is 7.35.